The maximum absolute atomic E-state index is 11.4. The van der Waals surface area contributed by atoms with E-state index < -0.39 is 0 Å². The quantitative estimate of drug-likeness (QED) is 0.609. The lowest BCUT2D eigenvalue weighted by molar-refractivity contribution is 0.101. The second kappa shape index (κ2) is 7.23. The molecule has 1 aliphatic rings. The molecule has 0 radical (unpaired) electrons. The molecular weight excluding hydrogens is 284 g/mol. The summed E-state index contributed by atoms with van der Waals surface area (Å²) >= 11 is 0. The van der Waals surface area contributed by atoms with Gasteiger partial charge in [0.05, 0.1) is 5.69 Å². The molecule has 1 heterocycles. The van der Waals surface area contributed by atoms with Gasteiger partial charge in [0.1, 0.15) is 0 Å². The van der Waals surface area contributed by atoms with Crippen LogP contribution >= 0.6 is 0 Å². The number of anilines is 1. The van der Waals surface area contributed by atoms with Crippen molar-refractivity contribution in [1.82, 2.24) is 0 Å². The minimum atomic E-state index is 0.0629. The number of carbonyl (C=O) groups excluding carboxylic acids is 1. The zero-order valence-corrected chi connectivity index (χ0v) is 13.5. The standard InChI is InChI=1S/C20H22N2O/c1-16(23)18-6-5-7-19(14-18)21-15-17-8-10-20(11-9-17)22-12-3-2-4-13-22/h5-11,14-15H,2-4,12-13H2,1H3. The van der Waals surface area contributed by atoms with Gasteiger partial charge in [-0.1, -0.05) is 24.3 Å². The van der Waals surface area contributed by atoms with Crippen LogP contribution in [0.25, 0.3) is 0 Å². The third-order valence-corrected chi connectivity index (χ3v) is 4.23. The van der Waals surface area contributed by atoms with Gasteiger partial charge in [-0.2, -0.15) is 0 Å². The third-order valence-electron chi connectivity index (χ3n) is 4.23. The lowest BCUT2D eigenvalue weighted by Crippen LogP contribution is -2.29. The van der Waals surface area contributed by atoms with Gasteiger partial charge in [0, 0.05) is 30.6 Å². The summed E-state index contributed by atoms with van der Waals surface area (Å²) in [5, 5.41) is 0. The molecule has 0 bridgehead atoms. The van der Waals surface area contributed by atoms with Crippen molar-refractivity contribution >= 4 is 23.4 Å². The van der Waals surface area contributed by atoms with Crippen molar-refractivity contribution in [1.29, 1.82) is 0 Å². The smallest absolute Gasteiger partial charge is 0.159 e. The van der Waals surface area contributed by atoms with Crippen molar-refractivity contribution in [3.63, 3.8) is 0 Å². The van der Waals surface area contributed by atoms with Crippen molar-refractivity contribution in [2.75, 3.05) is 18.0 Å². The molecule has 23 heavy (non-hydrogen) atoms. The zero-order chi connectivity index (χ0) is 16.1. The van der Waals surface area contributed by atoms with E-state index in [4.69, 9.17) is 0 Å². The summed E-state index contributed by atoms with van der Waals surface area (Å²) in [5.41, 5.74) is 3.86. The number of benzene rings is 2. The van der Waals surface area contributed by atoms with E-state index in [-0.39, 0.29) is 5.78 Å². The number of aliphatic imine (C=N–C) groups is 1. The Morgan fingerprint density at radius 2 is 1.78 bits per heavy atom. The van der Waals surface area contributed by atoms with Gasteiger partial charge in [0.2, 0.25) is 0 Å². The monoisotopic (exact) mass is 306 g/mol. The minimum Gasteiger partial charge on any atom is -0.372 e. The third kappa shape index (κ3) is 4.07. The Hall–Kier alpha value is -2.42. The van der Waals surface area contributed by atoms with Gasteiger partial charge >= 0.3 is 0 Å². The second-order valence-electron chi connectivity index (χ2n) is 6.00. The normalized spacial score (nSPS) is 15.1. The highest BCUT2D eigenvalue weighted by Gasteiger charge is 2.10. The Morgan fingerprint density at radius 1 is 1.04 bits per heavy atom. The van der Waals surface area contributed by atoms with E-state index in [2.05, 4.69) is 34.2 Å². The number of hydrogen-bond acceptors (Lipinski definition) is 3. The van der Waals surface area contributed by atoms with Crippen LogP contribution in [0.5, 0.6) is 0 Å². The molecule has 0 saturated carbocycles. The number of piperidine rings is 1. The van der Waals surface area contributed by atoms with Crippen molar-refractivity contribution in [2.24, 2.45) is 4.99 Å². The summed E-state index contributed by atoms with van der Waals surface area (Å²) in [6, 6.07) is 15.9. The average molecular weight is 306 g/mol. The summed E-state index contributed by atoms with van der Waals surface area (Å²) in [4.78, 5) is 18.3. The molecule has 0 atom stereocenters. The first-order valence-electron chi connectivity index (χ1n) is 8.22. The molecule has 1 fully saturated rings. The molecule has 2 aromatic rings. The maximum atomic E-state index is 11.4. The van der Waals surface area contributed by atoms with Crippen molar-refractivity contribution in [3.8, 4) is 0 Å². The van der Waals surface area contributed by atoms with Gasteiger partial charge in [-0.15, -0.1) is 0 Å². The molecule has 2 aromatic carbocycles. The molecule has 0 amide bonds. The molecule has 3 rings (SSSR count). The zero-order valence-electron chi connectivity index (χ0n) is 13.5. The van der Waals surface area contributed by atoms with E-state index in [1.807, 2.05) is 30.5 Å². The first-order chi connectivity index (χ1) is 11.2. The highest BCUT2D eigenvalue weighted by atomic mass is 16.1. The molecular formula is C20H22N2O. The number of nitrogens with zero attached hydrogens (tertiary/aromatic N) is 2. The van der Waals surface area contributed by atoms with Crippen molar-refractivity contribution in [2.45, 2.75) is 26.2 Å². The lowest BCUT2D eigenvalue weighted by Gasteiger charge is -2.28. The molecule has 0 spiro atoms. The highest BCUT2D eigenvalue weighted by Crippen LogP contribution is 2.20. The van der Waals surface area contributed by atoms with E-state index in [0.29, 0.717) is 5.56 Å². The fraction of sp³-hybridized carbons (Fsp3) is 0.300. The fourth-order valence-electron chi connectivity index (χ4n) is 2.88. The van der Waals surface area contributed by atoms with Gasteiger partial charge in [-0.05, 0) is 56.0 Å². The van der Waals surface area contributed by atoms with Crippen LogP contribution in [0.1, 0.15) is 42.1 Å². The Bertz CT molecular complexity index is 698. The molecule has 0 unspecified atom stereocenters. The molecule has 118 valence electrons. The number of ketones is 1. The number of hydrogen-bond donors (Lipinski definition) is 0. The Balaban J connectivity index is 1.70. The topological polar surface area (TPSA) is 32.7 Å². The summed E-state index contributed by atoms with van der Waals surface area (Å²) in [7, 11) is 0. The van der Waals surface area contributed by atoms with Crippen LogP contribution in [0, 0.1) is 0 Å². The van der Waals surface area contributed by atoms with Crippen LogP contribution in [-0.4, -0.2) is 25.1 Å². The Labute approximate surface area is 137 Å². The molecule has 0 aliphatic carbocycles. The maximum Gasteiger partial charge on any atom is 0.159 e. The second-order valence-corrected chi connectivity index (χ2v) is 6.00. The lowest BCUT2D eigenvalue weighted by atomic mass is 10.1. The summed E-state index contributed by atoms with van der Waals surface area (Å²) in [6.07, 6.45) is 5.77. The predicted octanol–water partition coefficient (Wildman–Crippen LogP) is 4.63. The van der Waals surface area contributed by atoms with Gasteiger partial charge in [-0.3, -0.25) is 9.79 Å². The Morgan fingerprint density at radius 3 is 2.48 bits per heavy atom. The van der Waals surface area contributed by atoms with Crippen LogP contribution in [-0.2, 0) is 0 Å². The first kappa shape index (κ1) is 15.5. The van der Waals surface area contributed by atoms with Gasteiger partial charge in [0.15, 0.2) is 5.78 Å². The van der Waals surface area contributed by atoms with Crippen LogP contribution in [0.2, 0.25) is 0 Å². The Kier molecular flexibility index (Phi) is 4.86. The SMILES string of the molecule is CC(=O)c1cccc(N=Cc2ccc(N3CCCCC3)cc2)c1. The van der Waals surface area contributed by atoms with Crippen molar-refractivity contribution in [3.05, 3.63) is 59.7 Å². The predicted molar refractivity (Wildman–Crippen MR) is 96.2 cm³/mol. The summed E-state index contributed by atoms with van der Waals surface area (Å²) in [6.45, 7) is 3.89. The van der Waals surface area contributed by atoms with Crippen LogP contribution in [0.3, 0.4) is 0 Å². The van der Waals surface area contributed by atoms with Crippen molar-refractivity contribution < 1.29 is 4.79 Å². The van der Waals surface area contributed by atoms with Gasteiger partial charge in [-0.25, -0.2) is 0 Å². The van der Waals surface area contributed by atoms with Crippen LogP contribution in [0.15, 0.2) is 53.5 Å². The number of Topliss-reactive ketones (excluding diaryl/α,β-unsaturated/α-hetero) is 1. The molecule has 3 heteroatoms. The fourth-order valence-corrected chi connectivity index (χ4v) is 2.88. The number of carbonyl (C=O) groups is 1. The van der Waals surface area contributed by atoms with Gasteiger partial charge in [0.25, 0.3) is 0 Å². The number of rotatable bonds is 4. The largest absolute Gasteiger partial charge is 0.372 e. The van der Waals surface area contributed by atoms with E-state index >= 15 is 0 Å². The van der Waals surface area contributed by atoms with E-state index in [1.165, 1.54) is 24.9 Å². The van der Waals surface area contributed by atoms with Crippen LogP contribution in [0.4, 0.5) is 11.4 Å². The minimum absolute atomic E-state index is 0.0629. The van der Waals surface area contributed by atoms with E-state index in [9.17, 15) is 4.79 Å². The summed E-state index contributed by atoms with van der Waals surface area (Å²) in [5.74, 6) is 0.0629. The molecule has 1 aliphatic heterocycles. The molecule has 1 saturated heterocycles. The van der Waals surface area contributed by atoms with E-state index in [1.54, 1.807) is 6.92 Å². The van der Waals surface area contributed by atoms with Crippen LogP contribution < -0.4 is 4.90 Å². The molecule has 3 nitrogen and oxygen atoms in total. The molecule has 0 aromatic heterocycles. The average Bonchev–Trinajstić information content (AvgIpc) is 2.61. The summed E-state index contributed by atoms with van der Waals surface area (Å²) < 4.78 is 0. The molecule has 0 N–H and O–H groups in total. The highest BCUT2D eigenvalue weighted by molar-refractivity contribution is 5.95. The van der Waals surface area contributed by atoms with E-state index in [0.717, 1.165) is 24.3 Å². The first-order valence-corrected chi connectivity index (χ1v) is 8.22. The van der Waals surface area contributed by atoms with Gasteiger partial charge < -0.3 is 4.90 Å².